The van der Waals surface area contributed by atoms with E-state index in [1.807, 2.05) is 12.1 Å². The number of nitrogens with one attached hydrogen (secondary N) is 7. The Hall–Kier alpha value is -9.54. The molecule has 28 nitrogen and oxygen atoms in total. The number of nitrogen functional groups attached to an aromatic ring is 1. The van der Waals surface area contributed by atoms with E-state index in [2.05, 4.69) is 42.3 Å². The van der Waals surface area contributed by atoms with Crippen LogP contribution in [-0.4, -0.2) is 143 Å². The number of unbranched alkanes of at least 4 members (excludes halogenated alkanes) is 8. The first-order chi connectivity index (χ1) is 40.8. The summed E-state index contributed by atoms with van der Waals surface area (Å²) in [6, 6.07) is 8.19. The Morgan fingerprint density at radius 1 is 0.570 bits per heavy atom. The highest BCUT2D eigenvalue weighted by molar-refractivity contribution is 6.06. The highest BCUT2D eigenvalue weighted by Crippen LogP contribution is 2.33. The molecule has 0 fully saturated rings. The van der Waals surface area contributed by atoms with Gasteiger partial charge < -0.3 is 74.2 Å². The summed E-state index contributed by atoms with van der Waals surface area (Å²) in [5, 5.41) is 68.1. The molecule has 4 rings (SSSR count). The molecule has 86 heavy (non-hydrogen) atoms. The number of halogens is 1. The largest absolute Gasteiger partial charge is 0.481 e. The molecule has 0 saturated carbocycles. The molecule has 0 spiro atoms. The molecule has 0 unspecified atom stereocenters. The number of nitrogens with zero attached hydrogens (tertiary/aromatic N) is 2. The first-order valence-electron chi connectivity index (χ1n) is 27.9. The van der Waals surface area contributed by atoms with Crippen LogP contribution in [0, 0.1) is 12.7 Å². The smallest absolute Gasteiger partial charge is 0.326 e. The van der Waals surface area contributed by atoms with Crippen molar-refractivity contribution in [3.05, 3.63) is 72.0 Å². The maximum atomic E-state index is 14.1. The lowest BCUT2D eigenvalue weighted by Gasteiger charge is -2.19. The number of carboxylic acid groups (broad SMARTS) is 5. The molecule has 0 radical (unpaired) electrons. The summed E-state index contributed by atoms with van der Waals surface area (Å²) < 4.78 is 15.5. The lowest BCUT2D eigenvalue weighted by Crippen LogP contribution is -2.50. The van der Waals surface area contributed by atoms with Crippen LogP contribution in [-0.2, 0) is 47.9 Å². The van der Waals surface area contributed by atoms with Crippen LogP contribution in [0.5, 0.6) is 0 Å². The van der Waals surface area contributed by atoms with Crippen molar-refractivity contribution in [1.82, 2.24) is 36.4 Å². The van der Waals surface area contributed by atoms with Crippen molar-refractivity contribution in [2.75, 3.05) is 22.9 Å². The number of aromatic nitrogens is 2. The van der Waals surface area contributed by atoms with Gasteiger partial charge in [-0.1, -0.05) is 75.3 Å². The molecule has 0 aliphatic rings. The van der Waals surface area contributed by atoms with Crippen molar-refractivity contribution in [3.63, 3.8) is 0 Å². The number of amides is 7. The number of fused-ring (bicyclic) bond motifs is 1. The van der Waals surface area contributed by atoms with Crippen LogP contribution in [0.25, 0.3) is 22.0 Å². The summed E-state index contributed by atoms with van der Waals surface area (Å²) >= 11 is 0. The second-order valence-corrected chi connectivity index (χ2v) is 20.4. The Labute approximate surface area is 492 Å². The molecule has 5 atom stereocenters. The number of nitrogens with two attached hydrogens (primary N) is 2. The van der Waals surface area contributed by atoms with Crippen molar-refractivity contribution >= 4 is 99.4 Å². The van der Waals surface area contributed by atoms with E-state index in [0.29, 0.717) is 36.0 Å². The van der Waals surface area contributed by atoms with E-state index in [0.717, 1.165) is 61.6 Å². The van der Waals surface area contributed by atoms with Crippen molar-refractivity contribution in [1.29, 1.82) is 0 Å². The van der Waals surface area contributed by atoms with Gasteiger partial charge >= 0.3 is 35.9 Å². The molecule has 1 heterocycles. The Balaban J connectivity index is 1.06. The quantitative estimate of drug-likeness (QED) is 0.0279. The van der Waals surface area contributed by atoms with Crippen LogP contribution in [0.3, 0.4) is 0 Å². The average Bonchev–Trinajstić information content (AvgIpc) is 4.04. The number of hydrogen-bond donors (Lipinski definition) is 14. The highest BCUT2D eigenvalue weighted by Gasteiger charge is 2.29. The number of aliphatic carboxylic acids is 5. The fourth-order valence-electron chi connectivity index (χ4n) is 8.92. The number of anilines is 3. The van der Waals surface area contributed by atoms with Gasteiger partial charge in [-0.2, -0.15) is 4.68 Å². The predicted molar refractivity (Wildman–Crippen MR) is 309 cm³/mol. The van der Waals surface area contributed by atoms with Crippen LogP contribution in [0.15, 0.2) is 60.7 Å². The topological polar surface area (TPSA) is 460 Å². The SMILES string of the molecule is Cc1ccc(F)c(NC(=O)Nc2ccc(-c3cccc4c3c(N)nn4C(=O)CCCCCCCCCCCNC(=O)C[C@H](N)C(=O)N[C@@H](CCC(=O)N[C@@H](CCC(=O)N[C@@H](CCC(=O)N[C@@H](CCC(=O)O)C(=O)O)C(=O)O)C(=O)O)C(=O)O)cc2)c1. The molecule has 0 bridgehead atoms. The summed E-state index contributed by atoms with van der Waals surface area (Å²) in [5.74, 6) is -12.6. The Morgan fingerprint density at radius 2 is 1.06 bits per heavy atom. The first-order valence-corrected chi connectivity index (χ1v) is 27.9. The van der Waals surface area contributed by atoms with Crippen LogP contribution in [0.1, 0.15) is 132 Å². The van der Waals surface area contributed by atoms with Gasteiger partial charge in [0.1, 0.15) is 30.0 Å². The number of rotatable bonds is 38. The van der Waals surface area contributed by atoms with Gasteiger partial charge in [0.15, 0.2) is 5.82 Å². The zero-order chi connectivity index (χ0) is 63.5. The molecule has 466 valence electrons. The molecule has 3 aromatic carbocycles. The monoisotopic (exact) mass is 1200 g/mol. The zero-order valence-corrected chi connectivity index (χ0v) is 47.4. The lowest BCUT2D eigenvalue weighted by atomic mass is 10.0. The third kappa shape index (κ3) is 23.6. The summed E-state index contributed by atoms with van der Waals surface area (Å²) in [6.45, 7) is 2.10. The van der Waals surface area contributed by atoms with E-state index >= 15 is 0 Å². The second kappa shape index (κ2) is 34.9. The third-order valence-electron chi connectivity index (χ3n) is 13.6. The maximum Gasteiger partial charge on any atom is 0.326 e. The van der Waals surface area contributed by atoms with Gasteiger partial charge in [0.2, 0.25) is 35.4 Å². The highest BCUT2D eigenvalue weighted by atomic mass is 19.1. The molecule has 16 N–H and O–H groups in total. The van der Waals surface area contributed by atoms with Gasteiger partial charge in [0.05, 0.1) is 29.1 Å². The van der Waals surface area contributed by atoms with Crippen molar-refractivity contribution < 1.29 is 87.5 Å². The molecule has 7 amide bonds. The molecule has 29 heteroatoms. The summed E-state index contributed by atoms with van der Waals surface area (Å²) in [6.07, 6.45) is 3.03. The van der Waals surface area contributed by atoms with Crippen LogP contribution in [0.4, 0.5) is 26.4 Å². The fourth-order valence-corrected chi connectivity index (χ4v) is 8.92. The summed E-state index contributed by atoms with van der Waals surface area (Å²) in [5.41, 5.74) is 15.7. The number of carbonyl (C=O) groups excluding carboxylic acids is 7. The maximum absolute atomic E-state index is 14.1. The van der Waals surface area contributed by atoms with Crippen molar-refractivity contribution in [3.8, 4) is 11.1 Å². The molecule has 0 aliphatic carbocycles. The summed E-state index contributed by atoms with van der Waals surface area (Å²) in [4.78, 5) is 146. The molecular weight excluding hydrogens is 1130 g/mol. The molecule has 0 aliphatic heterocycles. The number of urea groups is 1. The minimum absolute atomic E-state index is 0.0606. The Morgan fingerprint density at radius 3 is 1.57 bits per heavy atom. The van der Waals surface area contributed by atoms with Gasteiger partial charge in [-0.3, -0.25) is 33.6 Å². The van der Waals surface area contributed by atoms with E-state index < -0.39 is 159 Å². The van der Waals surface area contributed by atoms with Gasteiger partial charge in [-0.25, -0.2) is 28.4 Å². The third-order valence-corrected chi connectivity index (χ3v) is 13.6. The van der Waals surface area contributed by atoms with Crippen LogP contribution in [0.2, 0.25) is 0 Å². The van der Waals surface area contributed by atoms with Gasteiger partial charge in [-0.05, 0) is 92.5 Å². The molecular formula is C57H74FN11O17. The number of carbonyl (C=O) groups is 12. The van der Waals surface area contributed by atoms with Gasteiger partial charge in [0, 0.05) is 44.3 Å². The number of hydrogen-bond acceptors (Lipinski definition) is 15. The predicted octanol–water partition coefficient (Wildman–Crippen LogP) is 4.23. The van der Waals surface area contributed by atoms with E-state index in [1.165, 1.54) is 16.8 Å². The second-order valence-electron chi connectivity index (χ2n) is 20.4. The van der Waals surface area contributed by atoms with E-state index in [4.69, 9.17) is 16.6 Å². The zero-order valence-electron chi connectivity index (χ0n) is 47.4. The van der Waals surface area contributed by atoms with E-state index in [1.54, 1.807) is 43.3 Å². The average molecular weight is 1200 g/mol. The first kappa shape index (κ1) is 69.0. The van der Waals surface area contributed by atoms with E-state index in [9.17, 15) is 82.4 Å². The van der Waals surface area contributed by atoms with Crippen molar-refractivity contribution in [2.24, 2.45) is 5.73 Å². The van der Waals surface area contributed by atoms with Crippen molar-refractivity contribution in [2.45, 2.75) is 159 Å². The van der Waals surface area contributed by atoms with Crippen LogP contribution >= 0.6 is 0 Å². The molecule has 4 aromatic rings. The summed E-state index contributed by atoms with van der Waals surface area (Å²) in [7, 11) is 0. The minimum Gasteiger partial charge on any atom is -0.481 e. The molecule has 0 saturated heterocycles. The molecule has 1 aromatic heterocycles. The van der Waals surface area contributed by atoms with E-state index in [-0.39, 0.29) is 23.8 Å². The minimum atomic E-state index is -1.70. The van der Waals surface area contributed by atoms with Gasteiger partial charge in [-0.15, -0.1) is 5.10 Å². The number of aryl methyl sites for hydroxylation is 1. The van der Waals surface area contributed by atoms with Gasteiger partial charge in [0.25, 0.3) is 0 Å². The Kier molecular flexibility index (Phi) is 28.0. The van der Waals surface area contributed by atoms with Crippen LogP contribution < -0.4 is 48.7 Å². The number of carboxylic acids is 5. The normalized spacial score (nSPS) is 12.7. The fraction of sp³-hybridized carbons (Fsp3) is 0.456. The number of benzene rings is 3. The lowest BCUT2D eigenvalue weighted by molar-refractivity contribution is -0.144. The Bertz CT molecular complexity index is 3080. The standard InChI is InChI=1S/C57H74FN11O17/c1-32-15-20-36(58)42(30-32)67-57(86)62-34-18-16-33(17-19-34)35-12-11-13-43-50(35)51(60)68-69(43)48(74)14-9-7-5-3-2-4-6-8-10-29-61-47(73)31-37(59)52(77)66-41(56(84)85)23-27-46(72)64-39(54(80)81)21-25-44(70)63-38(53(78)79)22-26-45(71)65-40(55(82)83)24-28-49(75)76/h11-13,15-20,30,37-41H,2-10,14,21-29,31,59H2,1H3,(H2,60,68)(H,61,73)(H,63,70)(H,64,72)(H,65,71)(H,66,77)(H,75,76)(H,78,79)(H,80,81)(H,82,83)(H,84,85)(H2,62,67,86)/t37-,38-,39-,40-,41-/m0/s1.